The van der Waals surface area contributed by atoms with Gasteiger partial charge < -0.3 is 9.84 Å². The molecule has 0 aromatic carbocycles. The van der Waals surface area contributed by atoms with E-state index in [-0.39, 0.29) is 17.1 Å². The number of methoxy groups -OCH3 is 1. The molecule has 0 unspecified atom stereocenters. The Bertz CT molecular complexity index is 425. The first-order valence-corrected chi connectivity index (χ1v) is 6.46. The molecule has 0 aromatic heterocycles. The Morgan fingerprint density at radius 1 is 1.41 bits per heavy atom. The fourth-order valence-electron chi connectivity index (χ4n) is 4.49. The standard InChI is InChI=1S/C14H20O3/c1-8-4-5-9-11-12(17-3)10(15)6-13(11,2)7-14(8,9)16/h8-9,16H,4-7H2,1-3H3/t8-,9+,13-,14-/m0/s1. The van der Waals surface area contributed by atoms with Crippen molar-refractivity contribution in [3.63, 3.8) is 0 Å². The Morgan fingerprint density at radius 2 is 2.12 bits per heavy atom. The summed E-state index contributed by atoms with van der Waals surface area (Å²) in [5.41, 5.74) is 0.349. The largest absolute Gasteiger partial charge is 0.493 e. The summed E-state index contributed by atoms with van der Waals surface area (Å²) in [5.74, 6) is 1.13. The van der Waals surface area contributed by atoms with Crippen molar-refractivity contribution in [3.8, 4) is 0 Å². The Morgan fingerprint density at radius 3 is 2.76 bits per heavy atom. The first-order chi connectivity index (χ1) is 7.92. The van der Waals surface area contributed by atoms with Gasteiger partial charge >= 0.3 is 0 Å². The molecule has 3 rings (SSSR count). The number of fused-ring (bicyclic) bond motifs is 3. The third kappa shape index (κ3) is 1.18. The van der Waals surface area contributed by atoms with E-state index in [1.807, 2.05) is 0 Å². The van der Waals surface area contributed by atoms with Gasteiger partial charge in [-0.25, -0.2) is 0 Å². The Labute approximate surface area is 102 Å². The van der Waals surface area contributed by atoms with Crippen LogP contribution in [-0.2, 0) is 9.53 Å². The van der Waals surface area contributed by atoms with Crippen molar-refractivity contribution >= 4 is 5.78 Å². The van der Waals surface area contributed by atoms with Crippen LogP contribution in [0.2, 0.25) is 0 Å². The summed E-state index contributed by atoms with van der Waals surface area (Å²) in [6, 6.07) is 0. The van der Waals surface area contributed by atoms with Crippen molar-refractivity contribution < 1.29 is 14.6 Å². The number of ether oxygens (including phenoxy) is 1. The third-order valence-electron chi connectivity index (χ3n) is 5.27. The summed E-state index contributed by atoms with van der Waals surface area (Å²) in [4.78, 5) is 11.9. The molecule has 17 heavy (non-hydrogen) atoms. The third-order valence-corrected chi connectivity index (χ3v) is 5.27. The lowest BCUT2D eigenvalue weighted by Crippen LogP contribution is -2.35. The van der Waals surface area contributed by atoms with Crippen LogP contribution in [0.15, 0.2) is 11.3 Å². The van der Waals surface area contributed by atoms with Crippen LogP contribution in [0.25, 0.3) is 0 Å². The molecule has 0 amide bonds. The highest BCUT2D eigenvalue weighted by Gasteiger charge is 2.64. The van der Waals surface area contributed by atoms with Gasteiger partial charge in [0.25, 0.3) is 0 Å². The minimum Gasteiger partial charge on any atom is -0.493 e. The van der Waals surface area contributed by atoms with Gasteiger partial charge in [-0.15, -0.1) is 0 Å². The molecular formula is C14H20O3. The van der Waals surface area contributed by atoms with E-state index in [1.54, 1.807) is 7.11 Å². The van der Waals surface area contributed by atoms with Crippen molar-refractivity contribution in [1.29, 1.82) is 0 Å². The van der Waals surface area contributed by atoms with Gasteiger partial charge in [0.2, 0.25) is 0 Å². The maximum absolute atomic E-state index is 11.9. The minimum absolute atomic E-state index is 0.117. The number of hydrogen-bond acceptors (Lipinski definition) is 3. The van der Waals surface area contributed by atoms with Gasteiger partial charge in [-0.2, -0.15) is 0 Å². The Balaban J connectivity index is 2.14. The van der Waals surface area contributed by atoms with Crippen LogP contribution in [0.4, 0.5) is 0 Å². The molecular weight excluding hydrogens is 216 g/mol. The molecule has 2 saturated carbocycles. The highest BCUT2D eigenvalue weighted by atomic mass is 16.5. The zero-order chi connectivity index (χ0) is 12.4. The number of carbonyl (C=O) groups is 1. The summed E-state index contributed by atoms with van der Waals surface area (Å²) < 4.78 is 5.31. The normalized spacial score (nSPS) is 48.6. The van der Waals surface area contributed by atoms with Gasteiger partial charge in [-0.1, -0.05) is 13.8 Å². The maximum atomic E-state index is 11.9. The predicted octanol–water partition coefficient (Wildman–Crippen LogP) is 2.05. The fourth-order valence-corrected chi connectivity index (χ4v) is 4.49. The minimum atomic E-state index is -0.603. The van der Waals surface area contributed by atoms with Crippen LogP contribution in [0.1, 0.15) is 39.5 Å². The lowest BCUT2D eigenvalue weighted by Gasteiger charge is -2.29. The lowest BCUT2D eigenvalue weighted by molar-refractivity contribution is -0.119. The van der Waals surface area contributed by atoms with E-state index in [0.29, 0.717) is 18.1 Å². The van der Waals surface area contributed by atoms with Gasteiger partial charge in [0, 0.05) is 17.8 Å². The second-order valence-corrected chi connectivity index (χ2v) is 6.31. The quantitative estimate of drug-likeness (QED) is 0.758. The van der Waals surface area contributed by atoms with Gasteiger partial charge in [0.1, 0.15) is 0 Å². The molecule has 0 aliphatic heterocycles. The van der Waals surface area contributed by atoms with Crippen LogP contribution in [-0.4, -0.2) is 23.6 Å². The topological polar surface area (TPSA) is 46.5 Å². The second kappa shape index (κ2) is 3.14. The highest BCUT2D eigenvalue weighted by Crippen LogP contribution is 2.65. The van der Waals surface area contributed by atoms with Crippen molar-refractivity contribution in [2.75, 3.05) is 7.11 Å². The molecule has 0 saturated heterocycles. The Hall–Kier alpha value is -0.830. The lowest BCUT2D eigenvalue weighted by atomic mass is 9.80. The van der Waals surface area contributed by atoms with Crippen molar-refractivity contribution in [2.45, 2.75) is 45.1 Å². The van der Waals surface area contributed by atoms with Crippen molar-refractivity contribution in [3.05, 3.63) is 11.3 Å². The van der Waals surface area contributed by atoms with Gasteiger partial charge in [-0.3, -0.25) is 4.79 Å². The number of hydrogen-bond donors (Lipinski definition) is 1. The number of rotatable bonds is 1. The molecule has 3 nitrogen and oxygen atoms in total. The molecule has 1 N–H and O–H groups in total. The van der Waals surface area contributed by atoms with Crippen LogP contribution in [0.5, 0.6) is 0 Å². The van der Waals surface area contributed by atoms with Crippen molar-refractivity contribution in [1.82, 2.24) is 0 Å². The summed E-state index contributed by atoms with van der Waals surface area (Å²) in [6.07, 6.45) is 3.27. The van der Waals surface area contributed by atoms with E-state index in [4.69, 9.17) is 4.74 Å². The molecule has 0 radical (unpaired) electrons. The molecule has 2 fully saturated rings. The van der Waals surface area contributed by atoms with E-state index in [0.717, 1.165) is 24.8 Å². The second-order valence-electron chi connectivity index (χ2n) is 6.31. The van der Waals surface area contributed by atoms with Gasteiger partial charge in [0.05, 0.1) is 12.7 Å². The van der Waals surface area contributed by atoms with Gasteiger partial charge in [-0.05, 0) is 30.8 Å². The van der Waals surface area contributed by atoms with Crippen LogP contribution < -0.4 is 0 Å². The van der Waals surface area contributed by atoms with E-state index in [9.17, 15) is 9.90 Å². The van der Waals surface area contributed by atoms with Gasteiger partial charge in [0.15, 0.2) is 11.5 Å². The monoisotopic (exact) mass is 236 g/mol. The van der Waals surface area contributed by atoms with Crippen LogP contribution >= 0.6 is 0 Å². The molecule has 0 heterocycles. The van der Waals surface area contributed by atoms with Crippen molar-refractivity contribution in [2.24, 2.45) is 17.3 Å². The summed E-state index contributed by atoms with van der Waals surface area (Å²) >= 11 is 0. The smallest absolute Gasteiger partial charge is 0.198 e. The predicted molar refractivity (Wildman–Crippen MR) is 63.2 cm³/mol. The summed E-state index contributed by atoms with van der Waals surface area (Å²) in [5, 5.41) is 10.9. The van der Waals surface area contributed by atoms with Crippen LogP contribution in [0.3, 0.4) is 0 Å². The van der Waals surface area contributed by atoms with E-state index >= 15 is 0 Å². The number of carbonyl (C=O) groups excluding carboxylic acids is 1. The number of ketones is 1. The van der Waals surface area contributed by atoms with E-state index in [2.05, 4.69) is 13.8 Å². The average Bonchev–Trinajstić information content (AvgIpc) is 2.71. The number of Topliss-reactive ketones (excluding diaryl/α,β-unsaturated/α-hetero) is 1. The van der Waals surface area contributed by atoms with E-state index in [1.165, 1.54) is 0 Å². The van der Waals surface area contributed by atoms with Crippen LogP contribution in [0, 0.1) is 17.3 Å². The molecule has 94 valence electrons. The molecule has 0 spiro atoms. The molecule has 3 heteroatoms. The zero-order valence-corrected chi connectivity index (χ0v) is 10.7. The maximum Gasteiger partial charge on any atom is 0.198 e. The summed E-state index contributed by atoms with van der Waals surface area (Å²) in [6.45, 7) is 4.23. The first-order valence-electron chi connectivity index (χ1n) is 6.46. The number of allylic oxidation sites excluding steroid dienone is 1. The summed E-state index contributed by atoms with van der Waals surface area (Å²) in [7, 11) is 1.57. The molecule has 3 aliphatic rings. The first kappa shape index (κ1) is 11.3. The Kier molecular flexibility index (Phi) is 2.08. The molecule has 0 bridgehead atoms. The SMILES string of the molecule is COC1=C2[C@H]3CC[C@H](C)[C@@]3(O)C[C@]2(C)CC1=O. The molecule has 4 atom stereocenters. The van der Waals surface area contributed by atoms with E-state index < -0.39 is 5.60 Å². The fraction of sp³-hybridized carbons (Fsp3) is 0.786. The number of aliphatic hydroxyl groups is 1. The highest BCUT2D eigenvalue weighted by molar-refractivity contribution is 5.98. The molecule has 0 aromatic rings. The average molecular weight is 236 g/mol. The zero-order valence-electron chi connectivity index (χ0n) is 10.7. The molecule has 3 aliphatic carbocycles.